The van der Waals surface area contributed by atoms with Gasteiger partial charge in [-0.05, 0) is 35.4 Å². The summed E-state index contributed by atoms with van der Waals surface area (Å²) in [5, 5.41) is 31.8. The van der Waals surface area contributed by atoms with Crippen LogP contribution in [-0.4, -0.2) is 222 Å². The molecule has 2 aromatic heterocycles. The summed E-state index contributed by atoms with van der Waals surface area (Å²) in [6.07, 6.45) is 2.15. The number of benzene rings is 2. The van der Waals surface area contributed by atoms with Gasteiger partial charge in [0.25, 0.3) is 0 Å². The summed E-state index contributed by atoms with van der Waals surface area (Å²) < 4.78 is 166. The molecule has 4 heterocycles. The predicted octanol–water partition coefficient (Wildman–Crippen LogP) is -13.9. The van der Waals surface area contributed by atoms with Gasteiger partial charge >= 0.3 is 217 Å². The number of rotatable bonds is 30. The van der Waals surface area contributed by atoms with Crippen molar-refractivity contribution in [1.82, 2.24) is 38.9 Å². The molecule has 6 N–H and O–H groups in total. The van der Waals surface area contributed by atoms with Crippen molar-refractivity contribution in [2.75, 3.05) is 140 Å². The Bertz CT molecular complexity index is 2990. The largest absolute Gasteiger partial charge is 1.00 e. The monoisotopic (exact) mass is 1270 g/mol. The third-order valence-electron chi connectivity index (χ3n) is 12.3. The van der Waals surface area contributed by atoms with Crippen molar-refractivity contribution in [2.24, 2.45) is 0 Å². The van der Waals surface area contributed by atoms with Crippen LogP contribution in [0.25, 0.3) is 12.2 Å². The topological polar surface area (TPSA) is 432 Å². The summed E-state index contributed by atoms with van der Waals surface area (Å²) in [6.45, 7) is -0.115. The average Bonchev–Trinajstić information content (AvgIpc) is 4.19. The second-order valence-electron chi connectivity index (χ2n) is 17.3. The van der Waals surface area contributed by atoms with Crippen molar-refractivity contribution in [3.05, 3.63) is 47.5 Å². The van der Waals surface area contributed by atoms with Crippen LogP contribution in [0.3, 0.4) is 0 Å². The minimum Gasteiger partial charge on any atom is -0.748 e. The van der Waals surface area contributed by atoms with Crippen molar-refractivity contribution in [3.63, 3.8) is 0 Å². The number of aromatic nitrogens is 6. The van der Waals surface area contributed by atoms with Gasteiger partial charge in [-0.25, -0.2) is 42.6 Å². The van der Waals surface area contributed by atoms with Crippen LogP contribution in [0.5, 0.6) is 0 Å². The van der Waals surface area contributed by atoms with E-state index in [4.69, 9.17) is 18.9 Å². The molecule has 2 saturated heterocycles. The molecule has 2 aliphatic rings. The van der Waals surface area contributed by atoms with Crippen LogP contribution in [-0.2, 0) is 59.4 Å². The van der Waals surface area contributed by atoms with Gasteiger partial charge in [0.2, 0.25) is 34.9 Å². The van der Waals surface area contributed by atoms with E-state index in [0.717, 1.165) is 24.3 Å². The number of hydrogen-bond acceptors (Lipinski definition) is 28. The van der Waals surface area contributed by atoms with E-state index in [9.17, 15) is 62.1 Å². The maximum absolute atomic E-state index is 12.7. The molecule has 38 heteroatoms. The minimum atomic E-state index is -5.31. The number of nitrogens with zero attached hydrogens (tertiary/aromatic N) is 8. The molecule has 0 aliphatic carbocycles. The molecule has 4 unspecified atom stereocenters. The molecule has 0 amide bonds. The minimum absolute atomic E-state index is 0. The molecule has 408 valence electrons. The Labute approximate surface area is 622 Å². The Hall–Kier alpha value is 1.27. The smallest absolute Gasteiger partial charge is 0.748 e. The fourth-order valence-corrected chi connectivity index (χ4v) is 10.6. The van der Waals surface area contributed by atoms with Crippen molar-refractivity contribution in [2.45, 2.75) is 20.9 Å². The van der Waals surface area contributed by atoms with Gasteiger partial charge in [0, 0.05) is 52.9 Å². The zero-order chi connectivity index (χ0) is 54.4. The van der Waals surface area contributed by atoms with Gasteiger partial charge in [-0.15, -0.1) is 19.9 Å². The Morgan fingerprint density at radius 1 is 0.551 bits per heavy atom. The van der Waals surface area contributed by atoms with E-state index in [1.165, 1.54) is 52.7 Å². The molecule has 0 spiro atoms. The molecule has 4 atom stereocenters. The molecular formula is C40H54K4N12O18S4+2. The Morgan fingerprint density at radius 2 is 0.897 bits per heavy atom. The molecule has 78 heavy (non-hydrogen) atoms. The van der Waals surface area contributed by atoms with Crippen LogP contribution < -0.4 is 236 Å². The van der Waals surface area contributed by atoms with Crippen LogP contribution in [0, 0.1) is 0 Å². The number of nitrogens with one attached hydrogen (secondary N) is 4. The summed E-state index contributed by atoms with van der Waals surface area (Å²) in [4.78, 5) is 24.8. The van der Waals surface area contributed by atoms with E-state index >= 15 is 0 Å². The number of anilines is 6. The van der Waals surface area contributed by atoms with Crippen molar-refractivity contribution < 1.29 is 287 Å². The Morgan fingerprint density at radius 3 is 1.19 bits per heavy atom. The van der Waals surface area contributed by atoms with Gasteiger partial charge in [-0.1, -0.05) is 24.3 Å². The molecule has 2 aromatic carbocycles. The summed E-state index contributed by atoms with van der Waals surface area (Å²) in [5.74, 6) is -2.50. The summed E-state index contributed by atoms with van der Waals surface area (Å²) in [6, 6.07) is 6.86. The van der Waals surface area contributed by atoms with Gasteiger partial charge in [0.05, 0.1) is 54.7 Å². The number of aliphatic hydroxyl groups is 2. The molecule has 0 radical (unpaired) electrons. The first-order valence-electron chi connectivity index (χ1n) is 22.0. The van der Waals surface area contributed by atoms with E-state index in [1.807, 2.05) is 0 Å². The van der Waals surface area contributed by atoms with Gasteiger partial charge in [-0.3, -0.25) is 0 Å². The van der Waals surface area contributed by atoms with Gasteiger partial charge in [0.15, 0.2) is 0 Å². The summed E-state index contributed by atoms with van der Waals surface area (Å²) in [5.41, 5.74) is -2.51. The molecule has 4 aromatic rings. The van der Waals surface area contributed by atoms with E-state index in [-0.39, 0.29) is 339 Å². The molecule has 0 saturated carbocycles. The second-order valence-corrected chi connectivity index (χ2v) is 23.0. The number of aliphatic hydroxyl groups excluding tert-OH is 2. The molecular weight excluding hydrogens is 1220 g/mol. The number of hydrogen-bond donors (Lipinski definition) is 6. The fourth-order valence-electron chi connectivity index (χ4n) is 8.49. The Balaban J connectivity index is 0.00000520. The quantitative estimate of drug-likeness (QED) is 0.00928. The third-order valence-corrected chi connectivity index (χ3v) is 15.5. The fraction of sp³-hybridized carbons (Fsp3) is 0.500. The van der Waals surface area contributed by atoms with Crippen molar-refractivity contribution in [3.8, 4) is 0 Å². The van der Waals surface area contributed by atoms with Crippen LogP contribution in [0.2, 0.25) is 0 Å². The van der Waals surface area contributed by atoms with Gasteiger partial charge in [0.1, 0.15) is 72.8 Å². The van der Waals surface area contributed by atoms with Gasteiger partial charge < -0.3 is 68.6 Å². The van der Waals surface area contributed by atoms with E-state index < -0.39 is 85.9 Å². The molecule has 6 rings (SSSR count). The zero-order valence-corrected chi connectivity index (χ0v) is 59.9. The third kappa shape index (κ3) is 19.4. The predicted molar refractivity (Wildman–Crippen MR) is 260 cm³/mol. The molecule has 30 nitrogen and oxygen atoms in total. The van der Waals surface area contributed by atoms with Crippen molar-refractivity contribution >= 4 is 99.7 Å². The number of quaternary nitrogens is 2. The first kappa shape index (κ1) is 75.4. The summed E-state index contributed by atoms with van der Waals surface area (Å²) >= 11 is 0. The average molecular weight is 1280 g/mol. The van der Waals surface area contributed by atoms with Gasteiger partial charge in [-0.2, -0.15) is 9.97 Å². The number of methoxy groups -OCH3 is 4. The van der Waals surface area contributed by atoms with E-state index in [0.29, 0.717) is 0 Å². The second kappa shape index (κ2) is 31.8. The maximum atomic E-state index is 12.7. The molecule has 2 fully saturated rings. The summed E-state index contributed by atoms with van der Waals surface area (Å²) in [7, 11) is -14.1. The maximum Gasteiger partial charge on any atom is 1.00 e. The zero-order valence-electron chi connectivity index (χ0n) is 44.2. The first-order chi connectivity index (χ1) is 34.7. The van der Waals surface area contributed by atoms with Crippen LogP contribution in [0.4, 0.5) is 47.1 Å². The van der Waals surface area contributed by atoms with Crippen molar-refractivity contribution in [1.29, 1.82) is 0 Å². The SMILES string of the molecule is COCC[N+]1(c2nc(NCCS(=O)(=O)[O-])nc(Nc3ccc(C=Cc4ccc(Nc5nc(NCCS(=O)(=O)[O-])nc([N+]6(CCOC)CC6(CO)COC)n5)cc4S(=O)(=O)[O-])c(S(=O)(=O)[O-])c3)n2)CC1(CO)COC.[K+].[K+].[K+].[K+]. The van der Waals surface area contributed by atoms with Crippen LogP contribution in [0.1, 0.15) is 11.1 Å². The number of ether oxygens (including phenoxy) is 4. The standard InChI is InChI=1S/C40H56N12O18S4.4K/c1-67-15-13-51(21-39(51,23-53)25-69-3)37-47-33(41-11-17-71(55,56)57)45-35(49-37)43-29-9-7-27(31(19-29)73(61,62)63)5-6-28-8-10-30(20-32(28)74(64,65)66)44-36-46-34(42-12-18-72(58,59)60)48-38(50-36)52(14-16-68-2)22-40(52,24-54)26-70-4;;;;/h5-10,19-20,53-54H,11-18,21-26H2,1-4H3,(H6-2,41,42,43,44,45,46,47,48,49,50,55,56,57,58,59,60,61,62,63,64,65,66);;;;/q;4*+1/p-2. The normalized spacial score (nSPS) is 20.8. The van der Waals surface area contributed by atoms with E-state index in [2.05, 4.69) is 51.2 Å². The van der Waals surface area contributed by atoms with E-state index in [1.54, 1.807) is 0 Å². The Kier molecular flexibility index (Phi) is 30.7. The van der Waals surface area contributed by atoms with Crippen LogP contribution >= 0.6 is 0 Å². The molecule has 0 bridgehead atoms. The molecule has 2 aliphatic heterocycles. The van der Waals surface area contributed by atoms with Crippen LogP contribution in [0.15, 0.2) is 46.2 Å². The first-order valence-corrected chi connectivity index (χ1v) is 27.9.